The summed E-state index contributed by atoms with van der Waals surface area (Å²) in [7, 11) is 0. The van der Waals surface area contributed by atoms with Gasteiger partial charge in [-0.05, 0) is 74.8 Å². The van der Waals surface area contributed by atoms with Crippen LogP contribution < -0.4 is 15.4 Å². The smallest absolute Gasteiger partial charge is 0.303 e. The topological polar surface area (TPSA) is 109 Å². The summed E-state index contributed by atoms with van der Waals surface area (Å²) in [5.74, 6) is -0.632. The quantitative estimate of drug-likeness (QED) is 0.472. The standard InChI is InChI=1S/C28H29N3O5/c1-29-20-10-8-17(4-2-7-25(32)33)23(15-20)31-27(35)22-16-28(22)12-13-36-24-11-9-18(14-21(24)28)26(34)30-19-5-3-6-19/h8-11,14-15,19,22H,2-7,12-13,16H2,(H,30,34)(H,31,35)(H,32,33)/t22-,28-/m0/s1. The van der Waals surface area contributed by atoms with Crippen molar-refractivity contribution in [3.63, 3.8) is 0 Å². The molecule has 8 nitrogen and oxygen atoms in total. The van der Waals surface area contributed by atoms with E-state index in [4.69, 9.17) is 16.4 Å². The van der Waals surface area contributed by atoms with Gasteiger partial charge in [-0.25, -0.2) is 4.85 Å². The van der Waals surface area contributed by atoms with Gasteiger partial charge in [0.05, 0.1) is 13.2 Å². The highest BCUT2D eigenvalue weighted by Crippen LogP contribution is 2.61. The lowest BCUT2D eigenvalue weighted by molar-refractivity contribution is -0.137. The molecule has 2 atom stereocenters. The Morgan fingerprint density at radius 3 is 2.72 bits per heavy atom. The van der Waals surface area contributed by atoms with E-state index in [2.05, 4.69) is 15.5 Å². The van der Waals surface area contributed by atoms with E-state index in [1.807, 2.05) is 12.1 Å². The molecule has 3 aliphatic rings. The number of hydrogen-bond donors (Lipinski definition) is 3. The molecule has 0 saturated heterocycles. The van der Waals surface area contributed by atoms with Crippen molar-refractivity contribution in [2.24, 2.45) is 5.92 Å². The zero-order valence-corrected chi connectivity index (χ0v) is 20.0. The Morgan fingerprint density at radius 1 is 1.17 bits per heavy atom. The maximum atomic E-state index is 13.4. The number of rotatable bonds is 8. The second-order valence-corrected chi connectivity index (χ2v) is 10.0. The van der Waals surface area contributed by atoms with Gasteiger partial charge in [-0.3, -0.25) is 14.4 Å². The third-order valence-electron chi connectivity index (χ3n) is 7.73. The fourth-order valence-electron chi connectivity index (χ4n) is 5.33. The number of carbonyl (C=O) groups is 3. The monoisotopic (exact) mass is 487 g/mol. The number of carboxylic acids is 1. The van der Waals surface area contributed by atoms with Gasteiger partial charge in [0.2, 0.25) is 5.91 Å². The summed E-state index contributed by atoms with van der Waals surface area (Å²) in [4.78, 5) is 40.5. The van der Waals surface area contributed by atoms with Crippen LogP contribution in [-0.4, -0.2) is 35.5 Å². The van der Waals surface area contributed by atoms with Crippen LogP contribution in [-0.2, 0) is 21.4 Å². The molecule has 0 radical (unpaired) electrons. The number of carbonyl (C=O) groups excluding carboxylic acids is 2. The van der Waals surface area contributed by atoms with E-state index in [1.54, 1.807) is 24.3 Å². The Hall–Kier alpha value is -3.86. The van der Waals surface area contributed by atoms with Crippen LogP contribution in [0.4, 0.5) is 11.4 Å². The van der Waals surface area contributed by atoms with Crippen molar-refractivity contribution in [1.29, 1.82) is 0 Å². The van der Waals surface area contributed by atoms with Crippen LogP contribution in [0, 0.1) is 12.5 Å². The predicted octanol–water partition coefficient (Wildman–Crippen LogP) is 4.61. The molecule has 1 heterocycles. The van der Waals surface area contributed by atoms with Crippen molar-refractivity contribution in [1.82, 2.24) is 5.32 Å². The Kier molecular flexibility index (Phi) is 6.40. The summed E-state index contributed by atoms with van der Waals surface area (Å²) in [6.45, 7) is 7.83. The molecule has 0 bridgehead atoms. The van der Waals surface area contributed by atoms with Gasteiger partial charge in [0.15, 0.2) is 5.69 Å². The molecule has 2 saturated carbocycles. The average Bonchev–Trinajstić information content (AvgIpc) is 3.56. The molecular formula is C28H29N3O5. The first-order valence-corrected chi connectivity index (χ1v) is 12.5. The van der Waals surface area contributed by atoms with Crippen molar-refractivity contribution >= 4 is 29.2 Å². The molecule has 2 fully saturated rings. The molecule has 2 aromatic rings. The second-order valence-electron chi connectivity index (χ2n) is 10.0. The van der Waals surface area contributed by atoms with Gasteiger partial charge < -0.3 is 20.5 Å². The highest BCUT2D eigenvalue weighted by atomic mass is 16.5. The molecule has 2 aliphatic carbocycles. The summed E-state index contributed by atoms with van der Waals surface area (Å²) in [5, 5.41) is 15.0. The first kappa shape index (κ1) is 23.9. The second kappa shape index (κ2) is 9.65. The summed E-state index contributed by atoms with van der Waals surface area (Å²) < 4.78 is 5.86. The third-order valence-corrected chi connectivity index (χ3v) is 7.73. The number of benzene rings is 2. The molecule has 186 valence electrons. The summed E-state index contributed by atoms with van der Waals surface area (Å²) in [6, 6.07) is 10.9. The Bertz CT molecular complexity index is 1260. The van der Waals surface area contributed by atoms with E-state index in [0.29, 0.717) is 49.2 Å². The summed E-state index contributed by atoms with van der Waals surface area (Å²) in [5.41, 5.74) is 2.91. The van der Waals surface area contributed by atoms with Crippen LogP contribution >= 0.6 is 0 Å². The zero-order valence-electron chi connectivity index (χ0n) is 20.0. The number of anilines is 1. The van der Waals surface area contributed by atoms with E-state index in [1.165, 1.54) is 0 Å². The van der Waals surface area contributed by atoms with E-state index >= 15 is 0 Å². The predicted molar refractivity (Wildman–Crippen MR) is 133 cm³/mol. The van der Waals surface area contributed by atoms with Crippen LogP contribution in [0.2, 0.25) is 0 Å². The van der Waals surface area contributed by atoms with E-state index in [9.17, 15) is 14.4 Å². The van der Waals surface area contributed by atoms with Crippen LogP contribution in [0.5, 0.6) is 5.75 Å². The molecule has 36 heavy (non-hydrogen) atoms. The number of aryl methyl sites for hydroxylation is 1. The molecule has 0 unspecified atom stereocenters. The minimum Gasteiger partial charge on any atom is -0.493 e. The lowest BCUT2D eigenvalue weighted by Crippen LogP contribution is -2.39. The van der Waals surface area contributed by atoms with Gasteiger partial charge in [0.1, 0.15) is 5.75 Å². The lowest BCUT2D eigenvalue weighted by Gasteiger charge is -2.29. The number of nitrogens with one attached hydrogen (secondary N) is 2. The van der Waals surface area contributed by atoms with Gasteiger partial charge in [0, 0.05) is 40.6 Å². The molecule has 1 spiro atoms. The minimum atomic E-state index is -0.864. The minimum absolute atomic E-state index is 0.0388. The molecule has 1 aliphatic heterocycles. The van der Waals surface area contributed by atoms with E-state index in [0.717, 1.165) is 36.1 Å². The maximum absolute atomic E-state index is 13.4. The number of carboxylic acid groups (broad SMARTS) is 1. The Labute approximate surface area is 209 Å². The summed E-state index contributed by atoms with van der Waals surface area (Å²) >= 11 is 0. The van der Waals surface area contributed by atoms with Crippen molar-refractivity contribution in [3.8, 4) is 5.75 Å². The normalized spacial score (nSPS) is 21.9. The molecule has 8 heteroatoms. The van der Waals surface area contributed by atoms with Gasteiger partial charge >= 0.3 is 5.97 Å². The maximum Gasteiger partial charge on any atom is 0.303 e. The van der Waals surface area contributed by atoms with Crippen LogP contribution in [0.15, 0.2) is 36.4 Å². The molecular weight excluding hydrogens is 458 g/mol. The zero-order chi connectivity index (χ0) is 25.3. The van der Waals surface area contributed by atoms with Gasteiger partial charge in [-0.2, -0.15) is 0 Å². The van der Waals surface area contributed by atoms with E-state index in [-0.39, 0.29) is 35.6 Å². The molecule has 0 aromatic heterocycles. The molecule has 3 N–H and O–H groups in total. The van der Waals surface area contributed by atoms with E-state index < -0.39 is 5.97 Å². The largest absolute Gasteiger partial charge is 0.493 e. The number of amides is 2. The molecule has 2 aromatic carbocycles. The first-order chi connectivity index (χ1) is 17.4. The average molecular weight is 488 g/mol. The van der Waals surface area contributed by atoms with Crippen LogP contribution in [0.3, 0.4) is 0 Å². The van der Waals surface area contributed by atoms with Crippen LogP contribution in [0.1, 0.15) is 66.4 Å². The number of ether oxygens (including phenoxy) is 1. The number of hydrogen-bond acceptors (Lipinski definition) is 4. The van der Waals surface area contributed by atoms with Crippen molar-refractivity contribution in [3.05, 3.63) is 64.5 Å². The van der Waals surface area contributed by atoms with Gasteiger partial charge in [-0.1, -0.05) is 12.1 Å². The first-order valence-electron chi connectivity index (χ1n) is 12.5. The fourth-order valence-corrected chi connectivity index (χ4v) is 5.33. The van der Waals surface area contributed by atoms with Gasteiger partial charge in [-0.15, -0.1) is 0 Å². The Morgan fingerprint density at radius 2 is 2.00 bits per heavy atom. The molecule has 2 amide bonds. The summed E-state index contributed by atoms with van der Waals surface area (Å²) in [6.07, 6.45) is 5.50. The SMILES string of the molecule is [C-]#[N+]c1ccc(CCCC(=O)O)c(NC(=O)[C@@H]2C[C@]23CCOc2ccc(C(=O)NC4CCC4)cc23)c1. The van der Waals surface area contributed by atoms with Crippen molar-refractivity contribution < 1.29 is 24.2 Å². The Balaban J connectivity index is 1.34. The highest BCUT2D eigenvalue weighted by Gasteiger charge is 2.61. The van der Waals surface area contributed by atoms with Crippen molar-refractivity contribution in [2.75, 3.05) is 11.9 Å². The lowest BCUT2D eigenvalue weighted by atomic mass is 9.86. The number of aliphatic carboxylic acids is 1. The highest BCUT2D eigenvalue weighted by molar-refractivity contribution is 5.98. The number of fused-ring (bicyclic) bond motifs is 2. The third kappa shape index (κ3) is 4.66. The number of nitrogens with zero attached hydrogens (tertiary/aromatic N) is 1. The van der Waals surface area contributed by atoms with Crippen LogP contribution in [0.25, 0.3) is 4.85 Å². The fraction of sp³-hybridized carbons (Fsp3) is 0.429. The van der Waals surface area contributed by atoms with Crippen molar-refractivity contribution in [2.45, 2.75) is 62.8 Å². The van der Waals surface area contributed by atoms with Gasteiger partial charge in [0.25, 0.3) is 5.91 Å². The molecule has 5 rings (SSSR count).